The molecule has 0 aliphatic rings. The van der Waals surface area contributed by atoms with Gasteiger partial charge in [0.15, 0.2) is 0 Å². The van der Waals surface area contributed by atoms with E-state index in [1.165, 1.54) is 16.7 Å². The second-order valence-corrected chi connectivity index (χ2v) is 8.49. The van der Waals surface area contributed by atoms with E-state index >= 15 is 0 Å². The Labute approximate surface area is 187 Å². The lowest BCUT2D eigenvalue weighted by molar-refractivity contribution is -0.138. The molecule has 0 fully saturated rings. The number of hydrogen-bond donors (Lipinski definition) is 0. The average molecular weight is 419 g/mol. The van der Waals surface area contributed by atoms with Gasteiger partial charge in [0.25, 0.3) is 0 Å². The molecule has 0 radical (unpaired) electrons. The van der Waals surface area contributed by atoms with Gasteiger partial charge in [0.2, 0.25) is 0 Å². The van der Waals surface area contributed by atoms with E-state index in [0.717, 1.165) is 17.6 Å². The number of esters is 1. The van der Waals surface area contributed by atoms with Crippen LogP contribution in [0, 0.1) is 0 Å². The van der Waals surface area contributed by atoms with Crippen molar-refractivity contribution >= 4 is 5.97 Å². The highest BCUT2D eigenvalue weighted by Gasteiger charge is 2.23. The molecule has 31 heavy (non-hydrogen) atoms. The van der Waals surface area contributed by atoms with Gasteiger partial charge in [-0.1, -0.05) is 82.1 Å². The van der Waals surface area contributed by atoms with Gasteiger partial charge in [0.1, 0.15) is 5.76 Å². The fourth-order valence-electron chi connectivity index (χ4n) is 3.20. The molecule has 0 amide bonds. The summed E-state index contributed by atoms with van der Waals surface area (Å²) in [7, 11) is 0. The monoisotopic (exact) mass is 418 g/mol. The van der Waals surface area contributed by atoms with Gasteiger partial charge in [-0.15, -0.1) is 0 Å². The molecule has 2 aromatic carbocycles. The number of carbonyl (C=O) groups excluding carboxylic acids is 1. The summed E-state index contributed by atoms with van der Waals surface area (Å²) in [5, 5.41) is 0. The predicted octanol–water partition coefficient (Wildman–Crippen LogP) is 6.32. The maximum Gasteiger partial charge on any atom is 0.333 e. The number of rotatable bonds is 11. The largest absolute Gasteiger partial charge is 0.494 e. The Morgan fingerprint density at radius 3 is 1.74 bits per heavy atom. The normalized spacial score (nSPS) is 11.0. The van der Waals surface area contributed by atoms with Gasteiger partial charge >= 0.3 is 5.97 Å². The van der Waals surface area contributed by atoms with Crippen molar-refractivity contribution in [3.63, 3.8) is 0 Å². The van der Waals surface area contributed by atoms with E-state index in [0.29, 0.717) is 31.0 Å². The summed E-state index contributed by atoms with van der Waals surface area (Å²) in [5.74, 6) is 0.298. The van der Waals surface area contributed by atoms with Gasteiger partial charge in [-0.2, -0.15) is 0 Å². The van der Waals surface area contributed by atoms with E-state index in [1.54, 1.807) is 6.92 Å². The summed E-state index contributed by atoms with van der Waals surface area (Å²) in [5.41, 5.74) is 5.94. The van der Waals surface area contributed by atoms with Crippen molar-refractivity contribution < 1.29 is 14.3 Å². The Balaban J connectivity index is 2.08. The number of carbonyl (C=O) groups is 1. The van der Waals surface area contributed by atoms with Crippen LogP contribution in [0.1, 0.15) is 49.9 Å². The minimum absolute atomic E-state index is 0.164. The number of benzene rings is 2. The van der Waals surface area contributed by atoms with Gasteiger partial charge in [0, 0.05) is 23.8 Å². The van der Waals surface area contributed by atoms with E-state index in [9.17, 15) is 4.79 Å². The second-order valence-electron chi connectivity index (χ2n) is 8.49. The highest BCUT2D eigenvalue weighted by molar-refractivity contribution is 5.86. The fraction of sp³-hybridized carbons (Fsp3) is 0.321. The summed E-state index contributed by atoms with van der Waals surface area (Å²) in [6.07, 6.45) is 1.48. The summed E-state index contributed by atoms with van der Waals surface area (Å²) >= 11 is 0. The van der Waals surface area contributed by atoms with Crippen LogP contribution >= 0.6 is 0 Å². The van der Waals surface area contributed by atoms with E-state index in [1.807, 2.05) is 6.92 Å². The predicted molar refractivity (Wildman–Crippen MR) is 128 cm³/mol. The van der Waals surface area contributed by atoms with Crippen molar-refractivity contribution in [2.75, 3.05) is 13.2 Å². The van der Waals surface area contributed by atoms with E-state index in [-0.39, 0.29) is 11.4 Å². The number of allylic oxidation sites excluding steroid dienone is 1. The molecule has 0 unspecified atom stereocenters. The van der Waals surface area contributed by atoms with Crippen LogP contribution in [0.2, 0.25) is 0 Å². The van der Waals surface area contributed by atoms with Gasteiger partial charge in [-0.3, -0.25) is 0 Å². The van der Waals surface area contributed by atoms with Crippen LogP contribution < -0.4 is 0 Å². The van der Waals surface area contributed by atoms with Crippen molar-refractivity contribution in [2.24, 2.45) is 0 Å². The maximum atomic E-state index is 11.6. The van der Waals surface area contributed by atoms with Gasteiger partial charge in [0.05, 0.1) is 13.2 Å². The molecule has 164 valence electrons. The molecule has 2 rings (SSSR count). The van der Waals surface area contributed by atoms with Gasteiger partial charge in [-0.25, -0.2) is 4.79 Å². The van der Waals surface area contributed by atoms with Crippen LogP contribution in [0.5, 0.6) is 0 Å². The first-order valence-corrected chi connectivity index (χ1v) is 10.6. The molecule has 0 atom stereocenters. The third kappa shape index (κ3) is 6.99. The highest BCUT2D eigenvalue weighted by Crippen LogP contribution is 2.32. The molecule has 0 saturated carbocycles. The molecule has 0 bridgehead atoms. The lowest BCUT2D eigenvalue weighted by atomic mass is 9.77. The Kier molecular flexibility index (Phi) is 8.44. The van der Waals surface area contributed by atoms with Gasteiger partial charge < -0.3 is 9.47 Å². The Bertz CT molecular complexity index is 888. The summed E-state index contributed by atoms with van der Waals surface area (Å²) in [4.78, 5) is 11.6. The molecule has 0 spiro atoms. The topological polar surface area (TPSA) is 35.5 Å². The molecule has 0 saturated heterocycles. The number of hydrogen-bond acceptors (Lipinski definition) is 3. The lowest BCUT2D eigenvalue weighted by Crippen LogP contribution is -2.19. The van der Waals surface area contributed by atoms with Gasteiger partial charge in [-0.05, 0) is 41.7 Å². The first kappa shape index (κ1) is 24.2. The van der Waals surface area contributed by atoms with E-state index < -0.39 is 0 Å². The molecular weight excluding hydrogens is 384 g/mol. The molecule has 0 N–H and O–H groups in total. The maximum absolute atomic E-state index is 11.6. The van der Waals surface area contributed by atoms with Crippen LogP contribution in [0.4, 0.5) is 0 Å². The van der Waals surface area contributed by atoms with Crippen molar-refractivity contribution in [1.82, 2.24) is 0 Å². The SMILES string of the molecule is C=C(C)C(=C)OCCc1cccc(C(C)(C)c2cccc(CCOC(=O)C(=C)C)c2)c1. The zero-order valence-corrected chi connectivity index (χ0v) is 19.3. The van der Waals surface area contributed by atoms with Crippen LogP contribution in [0.25, 0.3) is 0 Å². The van der Waals surface area contributed by atoms with Crippen molar-refractivity contribution in [1.29, 1.82) is 0 Å². The van der Waals surface area contributed by atoms with Crippen molar-refractivity contribution in [3.05, 3.63) is 107 Å². The molecule has 0 aromatic heterocycles. The first-order chi connectivity index (χ1) is 14.6. The average Bonchev–Trinajstić information content (AvgIpc) is 2.73. The first-order valence-electron chi connectivity index (χ1n) is 10.6. The quantitative estimate of drug-likeness (QED) is 0.185. The smallest absolute Gasteiger partial charge is 0.333 e. The van der Waals surface area contributed by atoms with E-state index in [2.05, 4.69) is 82.1 Å². The third-order valence-electron chi connectivity index (χ3n) is 5.41. The zero-order chi connectivity index (χ0) is 23.0. The minimum atomic E-state index is -0.343. The molecule has 0 aliphatic heterocycles. The number of ether oxygens (including phenoxy) is 2. The zero-order valence-electron chi connectivity index (χ0n) is 19.3. The Morgan fingerprint density at radius 2 is 1.29 bits per heavy atom. The lowest BCUT2D eigenvalue weighted by Gasteiger charge is -2.27. The molecule has 0 aliphatic carbocycles. The standard InChI is InChI=1S/C28H34O3/c1-20(2)22(5)30-16-14-23-10-8-12-25(18-23)28(6,7)26-13-9-11-24(19-26)15-17-31-27(29)21(3)4/h8-13,18-19H,1,3,5,14-17H2,2,4,6-7H3. The molecule has 2 aromatic rings. The van der Waals surface area contributed by atoms with E-state index in [4.69, 9.17) is 9.47 Å². The molecule has 3 heteroatoms. The van der Waals surface area contributed by atoms with Crippen LogP contribution in [-0.2, 0) is 32.5 Å². The Hall–Kier alpha value is -3.07. The van der Waals surface area contributed by atoms with Crippen LogP contribution in [0.15, 0.2) is 85.2 Å². The summed E-state index contributed by atoms with van der Waals surface area (Å²) in [6.45, 7) is 20.3. The van der Waals surface area contributed by atoms with Crippen LogP contribution in [0.3, 0.4) is 0 Å². The van der Waals surface area contributed by atoms with Crippen molar-refractivity contribution in [2.45, 2.75) is 46.0 Å². The molecule has 3 nitrogen and oxygen atoms in total. The molecule has 0 heterocycles. The fourth-order valence-corrected chi connectivity index (χ4v) is 3.20. The summed E-state index contributed by atoms with van der Waals surface area (Å²) < 4.78 is 10.9. The highest BCUT2D eigenvalue weighted by atomic mass is 16.5. The third-order valence-corrected chi connectivity index (χ3v) is 5.41. The second kappa shape index (κ2) is 10.8. The van der Waals surface area contributed by atoms with Crippen molar-refractivity contribution in [3.8, 4) is 0 Å². The van der Waals surface area contributed by atoms with Crippen LogP contribution in [-0.4, -0.2) is 19.2 Å². The minimum Gasteiger partial charge on any atom is -0.494 e. The Morgan fingerprint density at radius 1 is 0.806 bits per heavy atom. The summed E-state index contributed by atoms with van der Waals surface area (Å²) in [6, 6.07) is 17.1. The molecular formula is C28H34O3.